The molecule has 0 spiro atoms. The highest BCUT2D eigenvalue weighted by Gasteiger charge is 2.18. The molecule has 0 aromatic carbocycles. The van der Waals surface area contributed by atoms with Crippen molar-refractivity contribution in [2.75, 3.05) is 19.7 Å². The molecule has 0 radical (unpaired) electrons. The number of nitrogens with one attached hydrogen (secondary N) is 2. The fraction of sp³-hybridized carbons (Fsp3) is 1.00. The molecule has 0 saturated carbocycles. The lowest BCUT2D eigenvalue weighted by Crippen LogP contribution is -2.58. The second-order valence-electron chi connectivity index (χ2n) is 2.81. The molecule has 0 aromatic heterocycles. The van der Waals surface area contributed by atoms with Gasteiger partial charge in [-0.3, -0.25) is 0 Å². The normalized spacial score (nSPS) is 22.2. The third-order valence-electron chi connectivity index (χ3n) is 1.97. The summed E-state index contributed by atoms with van der Waals surface area (Å²) in [5.41, 5.74) is 0. The van der Waals surface area contributed by atoms with Crippen molar-refractivity contribution in [1.82, 2.24) is 10.6 Å². The van der Waals surface area contributed by atoms with Crippen molar-refractivity contribution in [3.8, 4) is 0 Å². The average Bonchev–Trinajstić information content (AvgIpc) is 1.87. The van der Waals surface area contributed by atoms with Gasteiger partial charge in [-0.05, 0) is 6.42 Å². The summed E-state index contributed by atoms with van der Waals surface area (Å²) < 4.78 is 0. The van der Waals surface area contributed by atoms with Crippen LogP contribution in [-0.4, -0.2) is 36.9 Å². The van der Waals surface area contributed by atoms with Crippen LogP contribution in [0.4, 0.5) is 0 Å². The molecular weight excluding hydrogens is 128 g/mol. The third-order valence-corrected chi connectivity index (χ3v) is 1.97. The quantitative estimate of drug-likeness (QED) is 0.490. The molecule has 3 N–H and O–H groups in total. The summed E-state index contributed by atoms with van der Waals surface area (Å²) in [6.45, 7) is 4.44. The fourth-order valence-electron chi connectivity index (χ4n) is 1.04. The van der Waals surface area contributed by atoms with Gasteiger partial charge in [0, 0.05) is 25.2 Å². The number of rotatable bonds is 4. The molecule has 0 aromatic rings. The predicted molar refractivity (Wildman–Crippen MR) is 41.0 cm³/mol. The van der Waals surface area contributed by atoms with Crippen LogP contribution in [0.5, 0.6) is 0 Å². The Labute approximate surface area is 61.8 Å². The van der Waals surface area contributed by atoms with Crippen LogP contribution >= 0.6 is 0 Å². The first kappa shape index (κ1) is 7.98. The van der Waals surface area contributed by atoms with Crippen molar-refractivity contribution < 1.29 is 5.11 Å². The van der Waals surface area contributed by atoms with E-state index in [1.165, 1.54) is 0 Å². The molecule has 1 atom stereocenters. The van der Waals surface area contributed by atoms with Crippen molar-refractivity contribution in [2.24, 2.45) is 0 Å². The van der Waals surface area contributed by atoms with E-state index < -0.39 is 0 Å². The highest BCUT2D eigenvalue weighted by Crippen LogP contribution is 1.96. The third kappa shape index (κ3) is 1.94. The standard InChI is InChI=1S/C7H16N2O/c1-2-6(5-10)9-7-3-8-4-7/h6-10H,2-5H2,1H3. The molecule has 1 saturated heterocycles. The Morgan fingerprint density at radius 1 is 1.70 bits per heavy atom. The van der Waals surface area contributed by atoms with Gasteiger partial charge < -0.3 is 15.7 Å². The van der Waals surface area contributed by atoms with Gasteiger partial charge in [0.05, 0.1) is 6.61 Å². The van der Waals surface area contributed by atoms with Gasteiger partial charge in [-0.25, -0.2) is 0 Å². The van der Waals surface area contributed by atoms with E-state index in [0.29, 0.717) is 12.1 Å². The van der Waals surface area contributed by atoms with E-state index in [9.17, 15) is 0 Å². The summed E-state index contributed by atoms with van der Waals surface area (Å²) in [5, 5.41) is 15.3. The monoisotopic (exact) mass is 144 g/mol. The van der Waals surface area contributed by atoms with Crippen molar-refractivity contribution in [1.29, 1.82) is 0 Å². The van der Waals surface area contributed by atoms with Crippen molar-refractivity contribution in [2.45, 2.75) is 25.4 Å². The summed E-state index contributed by atoms with van der Waals surface area (Å²) >= 11 is 0. The zero-order chi connectivity index (χ0) is 7.40. The molecule has 3 heteroatoms. The lowest BCUT2D eigenvalue weighted by atomic mass is 10.1. The first-order chi connectivity index (χ1) is 4.86. The summed E-state index contributed by atoms with van der Waals surface area (Å²) in [7, 11) is 0. The zero-order valence-corrected chi connectivity index (χ0v) is 6.43. The molecule has 60 valence electrons. The van der Waals surface area contributed by atoms with Gasteiger partial charge in [0.2, 0.25) is 0 Å². The van der Waals surface area contributed by atoms with Crippen LogP contribution in [0.1, 0.15) is 13.3 Å². The largest absolute Gasteiger partial charge is 0.395 e. The Kier molecular flexibility index (Phi) is 3.12. The van der Waals surface area contributed by atoms with E-state index in [2.05, 4.69) is 17.6 Å². The van der Waals surface area contributed by atoms with Crippen LogP contribution < -0.4 is 10.6 Å². The van der Waals surface area contributed by atoms with Gasteiger partial charge in [0.1, 0.15) is 0 Å². The van der Waals surface area contributed by atoms with Gasteiger partial charge in [-0.15, -0.1) is 0 Å². The first-order valence-electron chi connectivity index (χ1n) is 3.94. The Morgan fingerprint density at radius 3 is 2.70 bits per heavy atom. The van der Waals surface area contributed by atoms with Gasteiger partial charge in [-0.2, -0.15) is 0 Å². The number of aliphatic hydroxyl groups excluding tert-OH is 1. The Bertz CT molecular complexity index is 89.6. The van der Waals surface area contributed by atoms with E-state index in [-0.39, 0.29) is 6.61 Å². The minimum Gasteiger partial charge on any atom is -0.395 e. The molecule has 0 bridgehead atoms. The minimum absolute atomic E-state index is 0.257. The molecule has 1 aliphatic rings. The molecule has 1 aliphatic heterocycles. The number of hydrogen-bond donors (Lipinski definition) is 3. The van der Waals surface area contributed by atoms with Crippen LogP contribution in [0, 0.1) is 0 Å². The highest BCUT2D eigenvalue weighted by molar-refractivity contribution is 4.84. The molecule has 1 heterocycles. The van der Waals surface area contributed by atoms with Crippen LogP contribution in [-0.2, 0) is 0 Å². The van der Waals surface area contributed by atoms with E-state index in [1.54, 1.807) is 0 Å². The van der Waals surface area contributed by atoms with Crippen LogP contribution in [0.2, 0.25) is 0 Å². The van der Waals surface area contributed by atoms with Crippen molar-refractivity contribution in [3.05, 3.63) is 0 Å². The van der Waals surface area contributed by atoms with Crippen LogP contribution in [0.25, 0.3) is 0 Å². The Balaban J connectivity index is 2.08. The Hall–Kier alpha value is -0.120. The number of hydrogen-bond acceptors (Lipinski definition) is 3. The van der Waals surface area contributed by atoms with Gasteiger partial charge in [0.15, 0.2) is 0 Å². The van der Waals surface area contributed by atoms with Crippen molar-refractivity contribution >= 4 is 0 Å². The molecule has 3 nitrogen and oxygen atoms in total. The summed E-state index contributed by atoms with van der Waals surface area (Å²) in [4.78, 5) is 0. The zero-order valence-electron chi connectivity index (χ0n) is 6.43. The lowest BCUT2D eigenvalue weighted by molar-refractivity contribution is 0.212. The predicted octanol–water partition coefficient (Wildman–Crippen LogP) is -0.681. The van der Waals surface area contributed by atoms with E-state index >= 15 is 0 Å². The second-order valence-corrected chi connectivity index (χ2v) is 2.81. The molecule has 0 aliphatic carbocycles. The topological polar surface area (TPSA) is 44.3 Å². The highest BCUT2D eigenvalue weighted by atomic mass is 16.3. The van der Waals surface area contributed by atoms with E-state index in [0.717, 1.165) is 19.5 Å². The first-order valence-corrected chi connectivity index (χ1v) is 3.94. The smallest absolute Gasteiger partial charge is 0.0584 e. The maximum atomic E-state index is 8.81. The molecule has 1 rings (SSSR count). The molecule has 0 amide bonds. The average molecular weight is 144 g/mol. The van der Waals surface area contributed by atoms with Crippen LogP contribution in [0.15, 0.2) is 0 Å². The van der Waals surface area contributed by atoms with E-state index in [1.807, 2.05) is 0 Å². The number of aliphatic hydroxyl groups is 1. The summed E-state index contributed by atoms with van der Waals surface area (Å²) in [6.07, 6.45) is 1.01. The molecule has 10 heavy (non-hydrogen) atoms. The van der Waals surface area contributed by atoms with Gasteiger partial charge in [-0.1, -0.05) is 6.92 Å². The van der Waals surface area contributed by atoms with Gasteiger partial charge in [0.25, 0.3) is 0 Å². The summed E-state index contributed by atoms with van der Waals surface area (Å²) in [6, 6.07) is 0.893. The molecule has 1 fully saturated rings. The van der Waals surface area contributed by atoms with Gasteiger partial charge >= 0.3 is 0 Å². The maximum Gasteiger partial charge on any atom is 0.0584 e. The second kappa shape index (κ2) is 3.91. The van der Waals surface area contributed by atoms with E-state index in [4.69, 9.17) is 5.11 Å². The van der Waals surface area contributed by atoms with Crippen LogP contribution in [0.3, 0.4) is 0 Å². The van der Waals surface area contributed by atoms with Crippen molar-refractivity contribution in [3.63, 3.8) is 0 Å². The molecular formula is C7H16N2O. The molecule has 1 unspecified atom stereocenters. The SMILES string of the molecule is CCC(CO)NC1CNC1. The maximum absolute atomic E-state index is 8.81. The lowest BCUT2D eigenvalue weighted by Gasteiger charge is -2.31. The summed E-state index contributed by atoms with van der Waals surface area (Å²) in [5.74, 6) is 0. The fourth-order valence-corrected chi connectivity index (χ4v) is 1.04. The Morgan fingerprint density at radius 2 is 2.40 bits per heavy atom. The minimum atomic E-state index is 0.257.